The molecule has 0 amide bonds. The van der Waals surface area contributed by atoms with E-state index in [-0.39, 0.29) is 0 Å². The van der Waals surface area contributed by atoms with Crippen LogP contribution in [0.15, 0.2) is 52.4 Å². The predicted octanol–water partition coefficient (Wildman–Crippen LogP) is 5.14. The van der Waals surface area contributed by atoms with Crippen LogP contribution in [0.2, 0.25) is 0 Å². The fraction of sp³-hybridized carbons (Fsp3) is 0.0625. The molecule has 3 heterocycles. The van der Waals surface area contributed by atoms with Crippen molar-refractivity contribution in [2.75, 3.05) is 0 Å². The summed E-state index contributed by atoms with van der Waals surface area (Å²) in [5.74, 6) is 2.50. The first-order valence-corrected chi connectivity index (χ1v) is 7.18. The quantitative estimate of drug-likeness (QED) is 0.510. The first-order valence-electron chi connectivity index (χ1n) is 6.30. The minimum absolute atomic E-state index is 0.771. The van der Waals surface area contributed by atoms with E-state index >= 15 is 0 Å². The van der Waals surface area contributed by atoms with Gasteiger partial charge in [0, 0.05) is 23.7 Å². The zero-order valence-corrected chi connectivity index (χ0v) is 11.6. The number of thiophene rings is 1. The van der Waals surface area contributed by atoms with Crippen LogP contribution < -0.4 is 4.74 Å². The number of ether oxygens (including phenoxy) is 1. The van der Waals surface area contributed by atoms with Gasteiger partial charge in [0.2, 0.25) is 0 Å². The average molecular weight is 281 g/mol. The first kappa shape index (κ1) is 11.5. The standard InChI is InChI=1S/C16H11NO2S/c1-10-8-11-2-3-12(9-15(11)18-10)19-14-4-6-17-13-5-7-20-16(13)14/h2-9H,1H3. The molecule has 98 valence electrons. The molecular weight excluding hydrogens is 270 g/mol. The van der Waals surface area contributed by atoms with Crippen LogP contribution in [0, 0.1) is 6.92 Å². The maximum Gasteiger partial charge on any atom is 0.148 e. The van der Waals surface area contributed by atoms with E-state index in [1.165, 1.54) is 0 Å². The summed E-state index contributed by atoms with van der Waals surface area (Å²) >= 11 is 1.63. The molecule has 4 rings (SSSR count). The number of hydrogen-bond acceptors (Lipinski definition) is 4. The molecule has 3 aromatic heterocycles. The van der Waals surface area contributed by atoms with Crippen molar-refractivity contribution in [2.24, 2.45) is 0 Å². The molecule has 0 radical (unpaired) electrons. The Morgan fingerprint density at radius 2 is 2.10 bits per heavy atom. The molecule has 0 aliphatic carbocycles. The van der Waals surface area contributed by atoms with Crippen LogP contribution >= 0.6 is 11.3 Å². The second-order valence-electron chi connectivity index (χ2n) is 4.60. The minimum atomic E-state index is 0.771. The minimum Gasteiger partial charge on any atom is -0.461 e. The number of fused-ring (bicyclic) bond motifs is 2. The van der Waals surface area contributed by atoms with Gasteiger partial charge in [-0.15, -0.1) is 11.3 Å². The molecule has 1 aromatic carbocycles. The fourth-order valence-electron chi connectivity index (χ4n) is 2.26. The smallest absolute Gasteiger partial charge is 0.148 e. The van der Waals surface area contributed by atoms with Crippen molar-refractivity contribution in [2.45, 2.75) is 6.92 Å². The number of hydrogen-bond donors (Lipinski definition) is 0. The number of aromatic nitrogens is 1. The van der Waals surface area contributed by atoms with E-state index in [2.05, 4.69) is 4.98 Å². The summed E-state index contributed by atoms with van der Waals surface area (Å²) in [5, 5.41) is 3.11. The van der Waals surface area contributed by atoms with Crippen molar-refractivity contribution in [1.82, 2.24) is 4.98 Å². The van der Waals surface area contributed by atoms with Gasteiger partial charge in [0.15, 0.2) is 0 Å². The predicted molar refractivity (Wildman–Crippen MR) is 80.6 cm³/mol. The monoisotopic (exact) mass is 281 g/mol. The van der Waals surface area contributed by atoms with Gasteiger partial charge >= 0.3 is 0 Å². The Balaban J connectivity index is 1.78. The van der Waals surface area contributed by atoms with Gasteiger partial charge in [-0.2, -0.15) is 0 Å². The summed E-state index contributed by atoms with van der Waals surface area (Å²) in [6.45, 7) is 1.94. The summed E-state index contributed by atoms with van der Waals surface area (Å²) in [7, 11) is 0. The zero-order chi connectivity index (χ0) is 13.5. The molecule has 0 N–H and O–H groups in total. The van der Waals surface area contributed by atoms with Crippen molar-refractivity contribution in [1.29, 1.82) is 0 Å². The molecule has 0 bridgehead atoms. The molecule has 3 nitrogen and oxygen atoms in total. The number of benzene rings is 1. The Kier molecular flexibility index (Phi) is 2.50. The lowest BCUT2D eigenvalue weighted by Gasteiger charge is -2.06. The highest BCUT2D eigenvalue weighted by molar-refractivity contribution is 7.17. The lowest BCUT2D eigenvalue weighted by atomic mass is 10.2. The molecule has 4 aromatic rings. The van der Waals surface area contributed by atoms with Crippen molar-refractivity contribution < 1.29 is 9.15 Å². The van der Waals surface area contributed by atoms with E-state index in [1.54, 1.807) is 17.5 Å². The molecule has 0 aliphatic rings. The van der Waals surface area contributed by atoms with Gasteiger partial charge in [-0.05, 0) is 36.6 Å². The molecule has 0 aliphatic heterocycles. The normalized spacial score (nSPS) is 11.2. The van der Waals surface area contributed by atoms with E-state index < -0.39 is 0 Å². The van der Waals surface area contributed by atoms with E-state index in [4.69, 9.17) is 9.15 Å². The highest BCUT2D eigenvalue weighted by Gasteiger charge is 2.07. The largest absolute Gasteiger partial charge is 0.461 e. The second kappa shape index (κ2) is 4.35. The van der Waals surface area contributed by atoms with Crippen LogP contribution in [0.4, 0.5) is 0 Å². The molecule has 0 atom stereocenters. The number of furan rings is 1. The van der Waals surface area contributed by atoms with Crippen LogP contribution in [0.1, 0.15) is 5.76 Å². The van der Waals surface area contributed by atoms with Crippen LogP contribution in [0.3, 0.4) is 0 Å². The Bertz CT molecular complexity index is 907. The molecule has 4 heteroatoms. The van der Waals surface area contributed by atoms with Crippen molar-refractivity contribution in [3.8, 4) is 11.5 Å². The molecule has 0 saturated carbocycles. The summed E-state index contributed by atoms with van der Waals surface area (Å²) < 4.78 is 12.7. The number of aryl methyl sites for hydroxylation is 1. The van der Waals surface area contributed by atoms with Gasteiger partial charge in [0.25, 0.3) is 0 Å². The van der Waals surface area contributed by atoms with Crippen molar-refractivity contribution in [3.05, 3.63) is 53.7 Å². The van der Waals surface area contributed by atoms with Crippen molar-refractivity contribution in [3.63, 3.8) is 0 Å². The lowest BCUT2D eigenvalue weighted by molar-refractivity contribution is 0.487. The van der Waals surface area contributed by atoms with Crippen molar-refractivity contribution >= 4 is 32.5 Å². The van der Waals surface area contributed by atoms with E-state index in [1.807, 2.05) is 48.7 Å². The third-order valence-corrected chi connectivity index (χ3v) is 4.07. The molecular formula is C16H11NO2S. The number of nitrogens with zero attached hydrogens (tertiary/aromatic N) is 1. The highest BCUT2D eigenvalue weighted by atomic mass is 32.1. The molecule has 0 spiro atoms. The average Bonchev–Trinajstić information content (AvgIpc) is 3.03. The van der Waals surface area contributed by atoms with E-state index in [0.29, 0.717) is 0 Å². The van der Waals surface area contributed by atoms with E-state index in [0.717, 1.165) is 38.4 Å². The Morgan fingerprint density at radius 1 is 1.15 bits per heavy atom. The Morgan fingerprint density at radius 3 is 3.05 bits per heavy atom. The third-order valence-electron chi connectivity index (χ3n) is 3.15. The number of rotatable bonds is 2. The first-order chi connectivity index (χ1) is 9.79. The molecule has 0 fully saturated rings. The number of pyridine rings is 1. The Hall–Kier alpha value is -2.33. The summed E-state index contributed by atoms with van der Waals surface area (Å²) in [4.78, 5) is 4.31. The van der Waals surface area contributed by atoms with Gasteiger partial charge in [-0.1, -0.05) is 0 Å². The van der Waals surface area contributed by atoms with E-state index in [9.17, 15) is 0 Å². The summed E-state index contributed by atoms with van der Waals surface area (Å²) in [5.41, 5.74) is 1.80. The molecule has 20 heavy (non-hydrogen) atoms. The van der Waals surface area contributed by atoms with Gasteiger partial charge in [0.1, 0.15) is 22.8 Å². The van der Waals surface area contributed by atoms with Gasteiger partial charge in [0.05, 0.1) is 10.2 Å². The molecule has 0 saturated heterocycles. The molecule has 0 unspecified atom stereocenters. The SMILES string of the molecule is Cc1cc2ccc(Oc3ccnc4ccsc34)cc2o1. The Labute approximate surface area is 119 Å². The van der Waals surface area contributed by atoms with Gasteiger partial charge < -0.3 is 9.15 Å². The van der Waals surface area contributed by atoms with Crippen LogP contribution in [-0.4, -0.2) is 4.98 Å². The maximum absolute atomic E-state index is 5.98. The maximum atomic E-state index is 5.98. The van der Waals surface area contributed by atoms with Crippen LogP contribution in [0.25, 0.3) is 21.2 Å². The van der Waals surface area contributed by atoms with Crippen LogP contribution in [-0.2, 0) is 0 Å². The van der Waals surface area contributed by atoms with Crippen LogP contribution in [0.5, 0.6) is 11.5 Å². The summed E-state index contributed by atoms with van der Waals surface area (Å²) in [6, 6.07) is 11.8. The van der Waals surface area contributed by atoms with Gasteiger partial charge in [-0.25, -0.2) is 0 Å². The highest BCUT2D eigenvalue weighted by Crippen LogP contribution is 2.33. The topological polar surface area (TPSA) is 35.3 Å². The second-order valence-corrected chi connectivity index (χ2v) is 5.52. The third kappa shape index (κ3) is 1.85. The van der Waals surface area contributed by atoms with Gasteiger partial charge in [-0.3, -0.25) is 4.98 Å². The zero-order valence-electron chi connectivity index (χ0n) is 10.8. The summed E-state index contributed by atoms with van der Waals surface area (Å²) in [6.07, 6.45) is 1.76. The lowest BCUT2D eigenvalue weighted by Crippen LogP contribution is -1.84. The fourth-order valence-corrected chi connectivity index (χ4v) is 3.06.